The van der Waals surface area contributed by atoms with Crippen molar-refractivity contribution in [3.8, 4) is 0 Å². The van der Waals surface area contributed by atoms with Crippen LogP contribution in [0.15, 0.2) is 89.8 Å². The van der Waals surface area contributed by atoms with Gasteiger partial charge < -0.3 is 35.5 Å². The molecule has 0 aromatic heterocycles. The van der Waals surface area contributed by atoms with Crippen LogP contribution in [-0.4, -0.2) is 79.9 Å². The molecule has 5 unspecified atom stereocenters. The van der Waals surface area contributed by atoms with E-state index in [0.717, 1.165) is 18.6 Å². The maximum atomic E-state index is 13.2. The number of carbonyl (C=O) groups is 1. The topological polar surface area (TPSA) is 161 Å². The summed E-state index contributed by atoms with van der Waals surface area (Å²) in [6.45, 7) is 5.81. The largest absolute Gasteiger partial charge is 0.465 e. The first-order valence-electron chi connectivity index (χ1n) is 15.5. The third kappa shape index (κ3) is 10.2. The second kappa shape index (κ2) is 16.9. The Labute approximate surface area is 271 Å². The zero-order chi connectivity index (χ0) is 33.1. The summed E-state index contributed by atoms with van der Waals surface area (Å²) in [6.07, 6.45) is -1.06. The fourth-order valence-corrected chi connectivity index (χ4v) is 7.11. The molecule has 0 aliphatic carbocycles. The maximum Gasteiger partial charge on any atom is 0.404 e. The monoisotopic (exact) mass is 655 g/mol. The lowest BCUT2D eigenvalue weighted by molar-refractivity contribution is -0.0909. The van der Waals surface area contributed by atoms with Crippen LogP contribution in [0.4, 0.5) is 10.5 Å². The normalized spacial score (nSPS) is 20.5. The van der Waals surface area contributed by atoms with Gasteiger partial charge in [0.25, 0.3) is 0 Å². The van der Waals surface area contributed by atoms with E-state index in [1.807, 2.05) is 62.4 Å². The minimum atomic E-state index is -3.90. The molecule has 5 rings (SSSR count). The van der Waals surface area contributed by atoms with Crippen molar-refractivity contribution in [3.63, 3.8) is 0 Å². The van der Waals surface area contributed by atoms with Crippen LogP contribution < -0.4 is 11.1 Å². The number of fused-ring (bicyclic) bond motifs is 1. The summed E-state index contributed by atoms with van der Waals surface area (Å²) in [5.41, 5.74) is 8.14. The molecule has 3 aromatic rings. The van der Waals surface area contributed by atoms with Crippen molar-refractivity contribution in [1.29, 1.82) is 0 Å². The zero-order valence-electron chi connectivity index (χ0n) is 26.3. The Morgan fingerprint density at radius 2 is 1.61 bits per heavy atom. The van der Waals surface area contributed by atoms with Gasteiger partial charge in [0, 0.05) is 24.7 Å². The van der Waals surface area contributed by atoms with Crippen LogP contribution in [-0.2, 0) is 37.3 Å². The average molecular weight is 656 g/mol. The highest BCUT2D eigenvalue weighted by Gasteiger charge is 2.42. The van der Waals surface area contributed by atoms with Crippen LogP contribution in [0.1, 0.15) is 31.4 Å². The molecular formula is C34H45N3O8S. The van der Waals surface area contributed by atoms with Crippen molar-refractivity contribution >= 4 is 21.8 Å². The number of aliphatic hydroxyl groups excluding tert-OH is 1. The number of nitrogen functional groups attached to an aromatic ring is 1. The number of nitrogens with zero attached hydrogens (tertiary/aromatic N) is 1. The van der Waals surface area contributed by atoms with Crippen molar-refractivity contribution in [3.05, 3.63) is 96.1 Å². The van der Waals surface area contributed by atoms with Crippen LogP contribution in [0.25, 0.3) is 0 Å². The molecule has 3 aromatic carbocycles. The third-order valence-electron chi connectivity index (χ3n) is 7.84. The molecule has 11 nitrogen and oxygen atoms in total. The molecule has 2 saturated heterocycles. The van der Waals surface area contributed by atoms with Gasteiger partial charge in [-0.2, -0.15) is 4.31 Å². The Bertz CT molecular complexity index is 1460. The summed E-state index contributed by atoms with van der Waals surface area (Å²) in [7, 11) is -3.90. The van der Waals surface area contributed by atoms with Crippen molar-refractivity contribution in [2.45, 2.75) is 62.7 Å². The number of hydrogen-bond acceptors (Lipinski definition) is 8. The summed E-state index contributed by atoms with van der Waals surface area (Å²) >= 11 is 0. The third-order valence-corrected chi connectivity index (χ3v) is 9.69. The lowest BCUT2D eigenvalue weighted by atomic mass is 10.0. The second-order valence-electron chi connectivity index (χ2n) is 12.0. The van der Waals surface area contributed by atoms with Crippen molar-refractivity contribution in [1.82, 2.24) is 9.62 Å². The standard InChI is InChI=1S/C21H29N3O5S.C13H16O3/c1-15(2)13-24(30(28,29)18-10-8-17(22)9-11-18)14-20(25)19(23-21(26)27)12-16-6-4-3-5-7-16;1-2-4-10(5-3-1)8-15-12-9-16-13-11(12)6-7-14-13/h3-11,15,19-20,23,25H,12-14,22H2,1-2H3,(H,26,27);1-5,11-13H,6-9H2. The molecule has 5 atom stereocenters. The van der Waals surface area contributed by atoms with E-state index < -0.39 is 28.3 Å². The number of aliphatic hydroxyl groups is 1. The Morgan fingerprint density at radius 3 is 2.22 bits per heavy atom. The van der Waals surface area contributed by atoms with E-state index in [1.54, 1.807) is 0 Å². The maximum absolute atomic E-state index is 13.2. The van der Waals surface area contributed by atoms with Gasteiger partial charge in [-0.05, 0) is 54.2 Å². The molecule has 2 fully saturated rings. The van der Waals surface area contributed by atoms with E-state index in [9.17, 15) is 23.4 Å². The molecule has 0 radical (unpaired) electrons. The molecule has 250 valence electrons. The lowest BCUT2D eigenvalue weighted by Crippen LogP contribution is -2.50. The van der Waals surface area contributed by atoms with E-state index in [1.165, 1.54) is 34.1 Å². The molecule has 1 amide bonds. The number of amides is 1. The van der Waals surface area contributed by atoms with Crippen molar-refractivity contribution in [2.75, 3.05) is 32.0 Å². The minimum absolute atomic E-state index is 0.000706. The van der Waals surface area contributed by atoms with E-state index in [0.29, 0.717) is 24.8 Å². The van der Waals surface area contributed by atoms with E-state index in [4.69, 9.17) is 19.9 Å². The van der Waals surface area contributed by atoms with Gasteiger partial charge in [-0.25, -0.2) is 13.2 Å². The molecule has 0 bridgehead atoms. The second-order valence-corrected chi connectivity index (χ2v) is 13.9. The Hall–Kier alpha value is -3.52. The number of anilines is 1. The van der Waals surface area contributed by atoms with Crippen LogP contribution in [0, 0.1) is 11.8 Å². The Kier molecular flexibility index (Phi) is 13.0. The molecular weight excluding hydrogens is 610 g/mol. The first kappa shape index (κ1) is 35.3. The molecule has 46 heavy (non-hydrogen) atoms. The van der Waals surface area contributed by atoms with Crippen LogP contribution in [0.5, 0.6) is 0 Å². The van der Waals surface area contributed by atoms with Gasteiger partial charge >= 0.3 is 6.09 Å². The van der Waals surface area contributed by atoms with Gasteiger partial charge in [0.1, 0.15) is 0 Å². The first-order valence-corrected chi connectivity index (χ1v) is 16.9. The summed E-state index contributed by atoms with van der Waals surface area (Å²) in [6, 6.07) is 24.3. The molecule has 2 heterocycles. The van der Waals surface area contributed by atoms with Crippen molar-refractivity contribution < 1.29 is 37.6 Å². The van der Waals surface area contributed by atoms with E-state index in [-0.39, 0.29) is 42.7 Å². The zero-order valence-corrected chi connectivity index (χ0v) is 27.1. The van der Waals surface area contributed by atoms with Gasteiger partial charge in [-0.1, -0.05) is 74.5 Å². The predicted molar refractivity (Wildman–Crippen MR) is 174 cm³/mol. The number of nitrogens with one attached hydrogen (secondary N) is 1. The molecule has 2 aliphatic heterocycles. The minimum Gasteiger partial charge on any atom is -0.465 e. The predicted octanol–water partition coefficient (Wildman–Crippen LogP) is 4.12. The molecule has 0 spiro atoms. The van der Waals surface area contributed by atoms with Gasteiger partial charge in [-0.3, -0.25) is 0 Å². The molecule has 5 N–H and O–H groups in total. The van der Waals surface area contributed by atoms with Gasteiger partial charge in [0.05, 0.1) is 43.0 Å². The van der Waals surface area contributed by atoms with Crippen LogP contribution in [0.3, 0.4) is 0 Å². The Morgan fingerprint density at radius 1 is 0.978 bits per heavy atom. The summed E-state index contributed by atoms with van der Waals surface area (Å²) in [5.74, 6) is 0.435. The van der Waals surface area contributed by atoms with Gasteiger partial charge in [-0.15, -0.1) is 0 Å². The van der Waals surface area contributed by atoms with Crippen molar-refractivity contribution in [2.24, 2.45) is 11.8 Å². The summed E-state index contributed by atoms with van der Waals surface area (Å²) < 4.78 is 44.4. The fraction of sp³-hybridized carbons (Fsp3) is 0.441. The smallest absolute Gasteiger partial charge is 0.404 e. The summed E-state index contributed by atoms with van der Waals surface area (Å²) in [4.78, 5) is 11.3. The van der Waals surface area contributed by atoms with Crippen LogP contribution >= 0.6 is 0 Å². The lowest BCUT2D eigenvalue weighted by Gasteiger charge is -2.30. The number of carboxylic acid groups (broad SMARTS) is 1. The average Bonchev–Trinajstić information content (AvgIpc) is 3.65. The fourth-order valence-electron chi connectivity index (χ4n) is 5.49. The highest BCUT2D eigenvalue weighted by molar-refractivity contribution is 7.89. The number of rotatable bonds is 13. The number of sulfonamides is 1. The number of ether oxygens (including phenoxy) is 3. The summed E-state index contributed by atoms with van der Waals surface area (Å²) in [5, 5.41) is 22.3. The van der Waals surface area contributed by atoms with E-state index in [2.05, 4.69) is 17.4 Å². The molecule has 12 heteroatoms. The molecule has 0 saturated carbocycles. The highest BCUT2D eigenvalue weighted by Crippen LogP contribution is 2.33. The first-order chi connectivity index (χ1) is 22.0. The van der Waals surface area contributed by atoms with Crippen LogP contribution in [0.2, 0.25) is 0 Å². The quantitative estimate of drug-likeness (QED) is 0.199. The molecule has 2 aliphatic rings. The number of benzene rings is 3. The van der Waals surface area contributed by atoms with E-state index >= 15 is 0 Å². The van der Waals surface area contributed by atoms with Gasteiger partial charge in [0.2, 0.25) is 10.0 Å². The van der Waals surface area contributed by atoms with Gasteiger partial charge in [0.15, 0.2) is 6.29 Å². The number of nitrogens with two attached hydrogens (primary N) is 1. The SMILES string of the molecule is CC(C)CN(CC(O)C(Cc1ccccc1)NC(=O)O)S(=O)(=O)c1ccc(N)cc1.c1ccc(COC2COC3OCCC23)cc1. The highest BCUT2D eigenvalue weighted by atomic mass is 32.2. The Balaban J connectivity index is 0.000000249. The number of hydrogen-bond donors (Lipinski definition) is 4.